The molecule has 0 aliphatic heterocycles. The highest BCUT2D eigenvalue weighted by atomic mass is 16.2. The number of rotatable bonds is 1. The van der Waals surface area contributed by atoms with Gasteiger partial charge in [0.1, 0.15) is 0 Å². The van der Waals surface area contributed by atoms with Gasteiger partial charge in [0.25, 0.3) is 5.91 Å². The van der Waals surface area contributed by atoms with Crippen molar-refractivity contribution in [2.45, 2.75) is 6.92 Å². The molecular weight excluding hydrogens is 170 g/mol. The van der Waals surface area contributed by atoms with Gasteiger partial charge in [-0.15, -0.1) is 0 Å². The average Bonchev–Trinajstić information content (AvgIpc) is 2.03. The van der Waals surface area contributed by atoms with Gasteiger partial charge in [0.05, 0.1) is 0 Å². The van der Waals surface area contributed by atoms with Crippen LogP contribution in [0.2, 0.25) is 0 Å². The van der Waals surface area contributed by atoms with Gasteiger partial charge in [0.15, 0.2) is 0 Å². The lowest BCUT2D eigenvalue weighted by Crippen LogP contribution is -2.34. The number of nitrogens with zero attached hydrogens (tertiary/aromatic N) is 1. The summed E-state index contributed by atoms with van der Waals surface area (Å²) in [6.07, 6.45) is 1.49. The van der Waals surface area contributed by atoms with Crippen molar-refractivity contribution in [2.75, 3.05) is 0 Å². The molecule has 1 rings (SSSR count). The van der Waals surface area contributed by atoms with Crippen LogP contribution in [0, 0.1) is 6.92 Å². The Balaban J connectivity index is 2.83. The molecule has 0 bridgehead atoms. The second-order valence-corrected chi connectivity index (χ2v) is 2.50. The molecule has 0 radical (unpaired) electrons. The number of primary amides is 1. The second kappa shape index (κ2) is 3.66. The molecule has 1 heterocycles. The van der Waals surface area contributed by atoms with Crippen molar-refractivity contribution in [1.82, 2.24) is 10.3 Å². The van der Waals surface area contributed by atoms with E-state index in [-0.39, 0.29) is 0 Å². The molecule has 1 aromatic heterocycles. The number of imide groups is 1. The molecule has 5 nitrogen and oxygen atoms in total. The van der Waals surface area contributed by atoms with Crippen LogP contribution in [0.1, 0.15) is 16.1 Å². The van der Waals surface area contributed by atoms with Crippen LogP contribution >= 0.6 is 0 Å². The van der Waals surface area contributed by atoms with Crippen LogP contribution in [0.5, 0.6) is 0 Å². The highest BCUT2D eigenvalue weighted by Crippen LogP contribution is 1.99. The smallest absolute Gasteiger partial charge is 0.319 e. The number of pyridine rings is 1. The molecule has 3 N–H and O–H groups in total. The Morgan fingerprint density at radius 2 is 2.23 bits per heavy atom. The van der Waals surface area contributed by atoms with Crippen molar-refractivity contribution < 1.29 is 9.59 Å². The quantitative estimate of drug-likeness (QED) is 0.645. The predicted octanol–water partition coefficient (Wildman–Crippen LogP) is 0.199. The molecule has 68 valence electrons. The van der Waals surface area contributed by atoms with Crippen LogP contribution in [0.15, 0.2) is 18.3 Å². The first kappa shape index (κ1) is 9.18. The molecule has 5 heteroatoms. The lowest BCUT2D eigenvalue weighted by atomic mass is 10.2. The Labute approximate surface area is 75.0 Å². The van der Waals surface area contributed by atoms with Gasteiger partial charge < -0.3 is 5.73 Å². The van der Waals surface area contributed by atoms with Crippen molar-refractivity contribution in [1.29, 1.82) is 0 Å². The third-order valence-electron chi connectivity index (χ3n) is 1.40. The van der Waals surface area contributed by atoms with Crippen molar-refractivity contribution in [2.24, 2.45) is 5.73 Å². The molecule has 0 fully saturated rings. The normalized spacial score (nSPS) is 9.31. The number of aromatic nitrogens is 1. The first-order valence-corrected chi connectivity index (χ1v) is 3.63. The van der Waals surface area contributed by atoms with E-state index < -0.39 is 11.9 Å². The number of amides is 3. The second-order valence-electron chi connectivity index (χ2n) is 2.50. The topological polar surface area (TPSA) is 85.1 Å². The number of hydrogen-bond donors (Lipinski definition) is 2. The number of carbonyl (C=O) groups is 2. The van der Waals surface area contributed by atoms with E-state index in [0.29, 0.717) is 11.3 Å². The number of nitrogens with two attached hydrogens (primary N) is 1. The van der Waals surface area contributed by atoms with Gasteiger partial charge in [-0.3, -0.25) is 15.1 Å². The first-order valence-electron chi connectivity index (χ1n) is 3.63. The third-order valence-corrected chi connectivity index (χ3v) is 1.40. The first-order chi connectivity index (χ1) is 6.09. The summed E-state index contributed by atoms with van der Waals surface area (Å²) in [5.74, 6) is -0.516. The van der Waals surface area contributed by atoms with Crippen molar-refractivity contribution in [3.63, 3.8) is 0 Å². The van der Waals surface area contributed by atoms with Crippen LogP contribution in [-0.2, 0) is 0 Å². The summed E-state index contributed by atoms with van der Waals surface area (Å²) < 4.78 is 0. The Morgan fingerprint density at radius 1 is 1.54 bits per heavy atom. The van der Waals surface area contributed by atoms with Gasteiger partial charge in [0, 0.05) is 17.5 Å². The van der Waals surface area contributed by atoms with Crippen LogP contribution in [0.4, 0.5) is 4.79 Å². The largest absolute Gasteiger partial charge is 0.351 e. The lowest BCUT2D eigenvalue weighted by molar-refractivity contribution is 0.0966. The molecule has 13 heavy (non-hydrogen) atoms. The molecule has 0 saturated carbocycles. The molecular formula is C8H9N3O2. The predicted molar refractivity (Wildman–Crippen MR) is 46.0 cm³/mol. The maximum Gasteiger partial charge on any atom is 0.319 e. The van der Waals surface area contributed by atoms with Crippen molar-refractivity contribution in [3.05, 3.63) is 29.6 Å². The number of hydrogen-bond acceptors (Lipinski definition) is 3. The fraction of sp³-hybridized carbons (Fsp3) is 0.125. The summed E-state index contributed by atoms with van der Waals surface area (Å²) in [5, 5.41) is 1.96. The van der Waals surface area contributed by atoms with Crippen LogP contribution in [-0.4, -0.2) is 16.9 Å². The average molecular weight is 179 g/mol. The van der Waals surface area contributed by atoms with Gasteiger partial charge in [-0.1, -0.05) is 0 Å². The zero-order valence-electron chi connectivity index (χ0n) is 7.07. The summed E-state index contributed by atoms with van der Waals surface area (Å²) in [7, 11) is 0. The SMILES string of the molecule is Cc1cc(C(=O)NC(N)=O)ccn1. The number of aryl methyl sites for hydroxylation is 1. The summed E-state index contributed by atoms with van der Waals surface area (Å²) in [5.41, 5.74) is 5.85. The van der Waals surface area contributed by atoms with E-state index in [0.717, 1.165) is 0 Å². The number of urea groups is 1. The van der Waals surface area contributed by atoms with Crippen LogP contribution in [0.3, 0.4) is 0 Å². The Morgan fingerprint density at radius 3 is 2.77 bits per heavy atom. The summed E-state index contributed by atoms with van der Waals surface area (Å²) in [6, 6.07) is 2.21. The summed E-state index contributed by atoms with van der Waals surface area (Å²) in [4.78, 5) is 25.4. The van der Waals surface area contributed by atoms with Gasteiger partial charge in [0.2, 0.25) is 0 Å². The van der Waals surface area contributed by atoms with E-state index in [1.807, 2.05) is 5.32 Å². The monoisotopic (exact) mass is 179 g/mol. The summed E-state index contributed by atoms with van der Waals surface area (Å²) in [6.45, 7) is 1.75. The molecule has 0 aliphatic carbocycles. The Kier molecular flexibility index (Phi) is 2.59. The molecule has 0 aliphatic rings. The van der Waals surface area contributed by atoms with Crippen LogP contribution < -0.4 is 11.1 Å². The maximum atomic E-state index is 11.2. The number of nitrogens with one attached hydrogen (secondary N) is 1. The molecule has 0 aromatic carbocycles. The van der Waals surface area contributed by atoms with Gasteiger partial charge in [-0.05, 0) is 19.1 Å². The van der Waals surface area contributed by atoms with E-state index in [9.17, 15) is 9.59 Å². The zero-order valence-corrected chi connectivity index (χ0v) is 7.07. The fourth-order valence-corrected chi connectivity index (χ4v) is 0.871. The van der Waals surface area contributed by atoms with E-state index in [1.54, 1.807) is 13.0 Å². The lowest BCUT2D eigenvalue weighted by Gasteiger charge is -2.00. The Hall–Kier alpha value is -1.91. The minimum atomic E-state index is -0.862. The molecule has 1 aromatic rings. The molecule has 0 spiro atoms. The standard InChI is InChI=1S/C8H9N3O2/c1-5-4-6(2-3-10-5)7(12)11-8(9)13/h2-4H,1H3,(H3,9,11,12,13). The van der Waals surface area contributed by atoms with Crippen molar-refractivity contribution >= 4 is 11.9 Å². The molecule has 0 saturated heterocycles. The Bertz CT molecular complexity index is 349. The molecule has 3 amide bonds. The zero-order chi connectivity index (χ0) is 9.84. The van der Waals surface area contributed by atoms with Gasteiger partial charge in [-0.25, -0.2) is 4.79 Å². The van der Waals surface area contributed by atoms with E-state index in [2.05, 4.69) is 4.98 Å². The van der Waals surface area contributed by atoms with Crippen LogP contribution in [0.25, 0.3) is 0 Å². The highest BCUT2D eigenvalue weighted by Gasteiger charge is 2.06. The minimum Gasteiger partial charge on any atom is -0.351 e. The third kappa shape index (κ3) is 2.55. The molecule has 0 atom stereocenters. The van der Waals surface area contributed by atoms with Crippen molar-refractivity contribution in [3.8, 4) is 0 Å². The number of carbonyl (C=O) groups excluding carboxylic acids is 2. The van der Waals surface area contributed by atoms with Gasteiger partial charge in [-0.2, -0.15) is 0 Å². The minimum absolute atomic E-state index is 0.367. The van der Waals surface area contributed by atoms with E-state index in [4.69, 9.17) is 5.73 Å². The highest BCUT2D eigenvalue weighted by molar-refractivity contribution is 6.03. The van der Waals surface area contributed by atoms with Gasteiger partial charge >= 0.3 is 6.03 Å². The summed E-state index contributed by atoms with van der Waals surface area (Å²) >= 11 is 0. The maximum absolute atomic E-state index is 11.2. The molecule has 0 unspecified atom stereocenters. The van der Waals surface area contributed by atoms with E-state index >= 15 is 0 Å². The van der Waals surface area contributed by atoms with E-state index in [1.165, 1.54) is 12.3 Å². The fourth-order valence-electron chi connectivity index (χ4n) is 0.871.